The van der Waals surface area contributed by atoms with Gasteiger partial charge in [0.1, 0.15) is 0 Å². The van der Waals surface area contributed by atoms with Gasteiger partial charge in [-0.1, -0.05) is 58.3 Å². The molecule has 1 nitrogen and oxygen atoms in total. The maximum absolute atomic E-state index is 14.2. The molecule has 0 spiro atoms. The summed E-state index contributed by atoms with van der Waals surface area (Å²) in [4.78, 5) is 0. The van der Waals surface area contributed by atoms with Gasteiger partial charge in [-0.25, -0.2) is 8.78 Å². The third kappa shape index (κ3) is 6.42. The number of benzene rings is 1. The Balaban J connectivity index is 1.28. The zero-order valence-corrected chi connectivity index (χ0v) is 19.6. The van der Waals surface area contributed by atoms with Crippen molar-refractivity contribution in [2.24, 2.45) is 29.6 Å². The number of ether oxygens (including phenoxy) is 1. The second-order valence-corrected chi connectivity index (χ2v) is 10.9. The molecular formula is C27H37F5O. The molecule has 3 saturated carbocycles. The molecule has 0 bridgehead atoms. The summed E-state index contributed by atoms with van der Waals surface area (Å²) in [5, 5.41) is 0. The van der Waals surface area contributed by atoms with Crippen molar-refractivity contribution in [3.05, 3.63) is 29.3 Å². The Labute approximate surface area is 194 Å². The van der Waals surface area contributed by atoms with E-state index in [9.17, 15) is 22.0 Å². The van der Waals surface area contributed by atoms with E-state index in [1.807, 2.05) is 0 Å². The average Bonchev–Trinajstić information content (AvgIpc) is 2.79. The molecule has 4 rings (SSSR count). The molecule has 0 aliphatic heterocycles. The first-order chi connectivity index (χ1) is 15.7. The number of fused-ring (bicyclic) bond motifs is 1. The maximum atomic E-state index is 14.2. The standard InChI is InChI=1S/C27H37F5O/c1-2-17-3-5-18(6-4-17)7-8-19-9-10-21-14-22(12-11-20(21)13-19)23-15-24(28)26(25(29)16-23)33-27(30,31)32/h15-22H,2-14H2,1H3. The summed E-state index contributed by atoms with van der Waals surface area (Å²) >= 11 is 0. The molecule has 0 radical (unpaired) electrons. The Morgan fingerprint density at radius 2 is 1.30 bits per heavy atom. The first-order valence-corrected chi connectivity index (χ1v) is 13.0. The molecule has 3 aliphatic carbocycles. The van der Waals surface area contributed by atoms with Crippen LogP contribution in [0.25, 0.3) is 0 Å². The van der Waals surface area contributed by atoms with Gasteiger partial charge >= 0.3 is 6.36 Å². The first kappa shape index (κ1) is 24.8. The van der Waals surface area contributed by atoms with Crippen molar-refractivity contribution < 1.29 is 26.7 Å². The molecule has 0 saturated heterocycles. The summed E-state index contributed by atoms with van der Waals surface area (Å²) in [5.41, 5.74) is 0.461. The third-order valence-corrected chi connectivity index (χ3v) is 8.96. The van der Waals surface area contributed by atoms with Crippen molar-refractivity contribution in [2.45, 2.75) is 103 Å². The van der Waals surface area contributed by atoms with E-state index in [1.165, 1.54) is 57.8 Å². The van der Waals surface area contributed by atoms with Crippen molar-refractivity contribution >= 4 is 0 Å². The van der Waals surface area contributed by atoms with Gasteiger partial charge in [0, 0.05) is 0 Å². The van der Waals surface area contributed by atoms with Crippen molar-refractivity contribution in [1.29, 1.82) is 0 Å². The minimum absolute atomic E-state index is 0.000451. The van der Waals surface area contributed by atoms with Crippen LogP contribution in [-0.2, 0) is 0 Å². The van der Waals surface area contributed by atoms with Gasteiger partial charge in [-0.15, -0.1) is 13.2 Å². The number of halogens is 5. The van der Waals surface area contributed by atoms with E-state index in [-0.39, 0.29) is 5.92 Å². The summed E-state index contributed by atoms with van der Waals surface area (Å²) in [6, 6.07) is 2.07. The summed E-state index contributed by atoms with van der Waals surface area (Å²) < 4.78 is 69.1. The molecule has 0 N–H and O–H groups in total. The van der Waals surface area contributed by atoms with Crippen LogP contribution in [0.4, 0.5) is 22.0 Å². The normalized spacial score (nSPS) is 32.9. The maximum Gasteiger partial charge on any atom is 0.573 e. The summed E-state index contributed by atoms with van der Waals surface area (Å²) in [6.45, 7) is 2.31. The highest BCUT2D eigenvalue weighted by molar-refractivity contribution is 5.33. The van der Waals surface area contributed by atoms with E-state index in [2.05, 4.69) is 11.7 Å². The minimum Gasteiger partial charge on any atom is -0.399 e. The van der Waals surface area contributed by atoms with Gasteiger partial charge in [0.05, 0.1) is 0 Å². The SMILES string of the molecule is CCC1CCC(CCC2CCC3CC(c4cc(F)c(OC(F)(F)F)c(F)c4)CCC3C2)CC1. The smallest absolute Gasteiger partial charge is 0.399 e. The highest BCUT2D eigenvalue weighted by Crippen LogP contribution is 2.49. The quantitative estimate of drug-likeness (QED) is 0.375. The summed E-state index contributed by atoms with van der Waals surface area (Å²) in [6.07, 6.45) is 10.9. The van der Waals surface area contributed by atoms with E-state index in [0.717, 1.165) is 55.6 Å². The highest BCUT2D eigenvalue weighted by atomic mass is 19.4. The van der Waals surface area contributed by atoms with Crippen LogP contribution < -0.4 is 4.74 Å². The van der Waals surface area contributed by atoms with Gasteiger partial charge < -0.3 is 4.74 Å². The summed E-state index contributed by atoms with van der Waals surface area (Å²) in [7, 11) is 0. The van der Waals surface area contributed by atoms with Crippen LogP contribution in [0.15, 0.2) is 12.1 Å². The molecule has 33 heavy (non-hydrogen) atoms. The van der Waals surface area contributed by atoms with Crippen molar-refractivity contribution in [1.82, 2.24) is 0 Å². The van der Waals surface area contributed by atoms with E-state index >= 15 is 0 Å². The average molecular weight is 473 g/mol. The molecule has 3 fully saturated rings. The predicted molar refractivity (Wildman–Crippen MR) is 119 cm³/mol. The Morgan fingerprint density at radius 3 is 1.94 bits per heavy atom. The van der Waals surface area contributed by atoms with E-state index in [4.69, 9.17) is 0 Å². The van der Waals surface area contributed by atoms with Crippen LogP contribution in [0.3, 0.4) is 0 Å². The summed E-state index contributed by atoms with van der Waals surface area (Å²) in [5.74, 6) is -0.0140. The van der Waals surface area contributed by atoms with E-state index in [0.29, 0.717) is 17.4 Å². The lowest BCUT2D eigenvalue weighted by molar-refractivity contribution is -0.276. The monoisotopic (exact) mass is 472 g/mol. The number of hydrogen-bond donors (Lipinski definition) is 0. The molecule has 186 valence electrons. The molecule has 3 aliphatic rings. The van der Waals surface area contributed by atoms with E-state index < -0.39 is 23.7 Å². The second-order valence-electron chi connectivity index (χ2n) is 10.9. The predicted octanol–water partition coefficient (Wildman–Crippen LogP) is 9.16. The number of hydrogen-bond acceptors (Lipinski definition) is 1. The van der Waals surface area contributed by atoms with Crippen LogP contribution in [0.2, 0.25) is 0 Å². The van der Waals surface area contributed by atoms with Crippen LogP contribution >= 0.6 is 0 Å². The van der Waals surface area contributed by atoms with Gasteiger partial charge in [0.2, 0.25) is 5.75 Å². The Kier molecular flexibility index (Phi) is 7.90. The van der Waals surface area contributed by atoms with Gasteiger partial charge in [0.25, 0.3) is 0 Å². The lowest BCUT2D eigenvalue weighted by Gasteiger charge is -2.43. The molecule has 0 heterocycles. The minimum atomic E-state index is -5.12. The van der Waals surface area contributed by atoms with Gasteiger partial charge in [-0.05, 0) is 85.3 Å². The van der Waals surface area contributed by atoms with Crippen LogP contribution in [-0.4, -0.2) is 6.36 Å². The molecule has 6 heteroatoms. The molecule has 0 aromatic heterocycles. The van der Waals surface area contributed by atoms with Gasteiger partial charge in [0.15, 0.2) is 11.6 Å². The molecule has 0 amide bonds. The molecule has 4 atom stereocenters. The zero-order chi connectivity index (χ0) is 23.6. The van der Waals surface area contributed by atoms with Gasteiger partial charge in [-0.2, -0.15) is 0 Å². The third-order valence-electron chi connectivity index (χ3n) is 8.96. The van der Waals surface area contributed by atoms with E-state index in [1.54, 1.807) is 0 Å². The Hall–Kier alpha value is -1.33. The lowest BCUT2D eigenvalue weighted by atomic mass is 9.63. The van der Waals surface area contributed by atoms with Crippen molar-refractivity contribution in [3.63, 3.8) is 0 Å². The molecule has 1 aromatic rings. The number of rotatable bonds is 6. The van der Waals surface area contributed by atoms with Crippen molar-refractivity contribution in [3.8, 4) is 5.75 Å². The lowest BCUT2D eigenvalue weighted by Crippen LogP contribution is -2.31. The zero-order valence-electron chi connectivity index (χ0n) is 19.6. The topological polar surface area (TPSA) is 9.23 Å². The van der Waals surface area contributed by atoms with Crippen LogP contribution in [0, 0.1) is 41.2 Å². The second kappa shape index (κ2) is 10.5. The molecule has 4 unspecified atom stereocenters. The number of alkyl halides is 3. The molecular weight excluding hydrogens is 435 g/mol. The van der Waals surface area contributed by atoms with Crippen molar-refractivity contribution in [2.75, 3.05) is 0 Å². The fourth-order valence-electron chi connectivity index (χ4n) is 6.98. The van der Waals surface area contributed by atoms with Crippen LogP contribution in [0.5, 0.6) is 5.75 Å². The fourth-order valence-corrected chi connectivity index (χ4v) is 6.98. The van der Waals surface area contributed by atoms with Crippen LogP contribution in [0.1, 0.15) is 102 Å². The largest absolute Gasteiger partial charge is 0.573 e. The van der Waals surface area contributed by atoms with Gasteiger partial charge in [-0.3, -0.25) is 0 Å². The Morgan fingerprint density at radius 1 is 0.758 bits per heavy atom. The highest BCUT2D eigenvalue weighted by Gasteiger charge is 2.38. The Bertz CT molecular complexity index is 760. The molecule has 1 aromatic carbocycles. The fraction of sp³-hybridized carbons (Fsp3) is 0.778. The first-order valence-electron chi connectivity index (χ1n) is 13.0.